The van der Waals surface area contributed by atoms with Crippen LogP contribution in [-0.2, 0) is 6.42 Å². The fourth-order valence-corrected chi connectivity index (χ4v) is 4.94. The molecule has 1 N–H and O–H groups in total. The van der Waals surface area contributed by atoms with E-state index in [4.69, 9.17) is 0 Å². The first-order valence-corrected chi connectivity index (χ1v) is 8.29. The predicted molar refractivity (Wildman–Crippen MR) is 83.8 cm³/mol. The van der Waals surface area contributed by atoms with Crippen LogP contribution in [0.25, 0.3) is 0 Å². The van der Waals surface area contributed by atoms with Crippen molar-refractivity contribution in [3.05, 3.63) is 55.7 Å². The highest BCUT2D eigenvalue weighted by Gasteiger charge is 2.29. The third-order valence-corrected chi connectivity index (χ3v) is 5.94. The van der Waals surface area contributed by atoms with Crippen molar-refractivity contribution in [2.75, 3.05) is 0 Å². The molecular weight excluding hydrogens is 320 g/mol. The predicted octanol–water partition coefficient (Wildman–Crippen LogP) is 4.97. The number of halogens is 1. The summed E-state index contributed by atoms with van der Waals surface area (Å²) in [4.78, 5) is 2.31. The Balaban J connectivity index is 1.97. The van der Waals surface area contributed by atoms with E-state index in [9.17, 15) is 5.11 Å². The molecule has 100 valence electrons. The Bertz CT molecular complexity index is 590. The fourth-order valence-electron chi connectivity index (χ4n) is 3.01. The Hall–Kier alpha value is -0.640. The maximum atomic E-state index is 10.8. The third kappa shape index (κ3) is 2.51. The topological polar surface area (TPSA) is 20.2 Å². The highest BCUT2D eigenvalue weighted by molar-refractivity contribution is 9.10. The summed E-state index contributed by atoms with van der Waals surface area (Å²) in [7, 11) is 0. The molecule has 0 amide bonds. The van der Waals surface area contributed by atoms with Crippen molar-refractivity contribution in [3.8, 4) is 0 Å². The van der Waals surface area contributed by atoms with Crippen molar-refractivity contribution < 1.29 is 5.11 Å². The van der Waals surface area contributed by atoms with E-state index in [-0.39, 0.29) is 5.92 Å². The fraction of sp³-hybridized carbons (Fsp3) is 0.375. The zero-order chi connectivity index (χ0) is 13.4. The molecule has 0 spiro atoms. The van der Waals surface area contributed by atoms with E-state index in [1.165, 1.54) is 22.4 Å². The van der Waals surface area contributed by atoms with Crippen molar-refractivity contribution in [2.24, 2.45) is 0 Å². The largest absolute Gasteiger partial charge is 0.387 e. The molecule has 1 heterocycles. The minimum absolute atomic E-state index is 0.235. The summed E-state index contributed by atoms with van der Waals surface area (Å²) < 4.78 is 1.05. The van der Waals surface area contributed by atoms with Gasteiger partial charge in [-0.25, -0.2) is 0 Å². The second-order valence-electron chi connectivity index (χ2n) is 5.21. The molecule has 1 aliphatic carbocycles. The van der Waals surface area contributed by atoms with Gasteiger partial charge in [-0.05, 0) is 59.3 Å². The number of aliphatic hydroxyl groups excluding tert-OH is 1. The van der Waals surface area contributed by atoms with Crippen LogP contribution in [0.3, 0.4) is 0 Å². The van der Waals surface area contributed by atoms with Crippen molar-refractivity contribution in [1.82, 2.24) is 0 Å². The van der Waals surface area contributed by atoms with Crippen molar-refractivity contribution >= 4 is 27.3 Å². The molecule has 0 aliphatic heterocycles. The lowest BCUT2D eigenvalue weighted by atomic mass is 9.79. The van der Waals surface area contributed by atoms with Gasteiger partial charge >= 0.3 is 0 Å². The standard InChI is InChI=1S/C16H17BrOS/c1-10-9-14(17)16(19-10)15(18)13-8-4-6-11-5-2-3-7-12(11)13/h2-3,5,7,9,13,15,18H,4,6,8H2,1H3. The van der Waals surface area contributed by atoms with Crippen LogP contribution in [-0.4, -0.2) is 5.11 Å². The van der Waals surface area contributed by atoms with Crippen LogP contribution in [0.4, 0.5) is 0 Å². The second-order valence-corrected chi connectivity index (χ2v) is 7.35. The van der Waals surface area contributed by atoms with Crippen LogP contribution in [0.1, 0.15) is 45.7 Å². The van der Waals surface area contributed by atoms with Gasteiger partial charge in [-0.15, -0.1) is 11.3 Å². The molecule has 2 aromatic rings. The summed E-state index contributed by atoms with van der Waals surface area (Å²) >= 11 is 5.27. The number of aryl methyl sites for hydroxylation is 2. The van der Waals surface area contributed by atoms with Gasteiger partial charge in [-0.3, -0.25) is 0 Å². The molecule has 1 aromatic carbocycles. The van der Waals surface area contributed by atoms with Gasteiger partial charge in [0.2, 0.25) is 0 Å². The van der Waals surface area contributed by atoms with E-state index >= 15 is 0 Å². The van der Waals surface area contributed by atoms with Crippen LogP contribution < -0.4 is 0 Å². The minimum atomic E-state index is -0.394. The van der Waals surface area contributed by atoms with Gasteiger partial charge in [0.05, 0.1) is 6.10 Å². The maximum absolute atomic E-state index is 10.8. The van der Waals surface area contributed by atoms with Crippen molar-refractivity contribution in [3.63, 3.8) is 0 Å². The first-order chi connectivity index (χ1) is 9.16. The molecule has 2 atom stereocenters. The number of aliphatic hydroxyl groups is 1. The smallest absolute Gasteiger partial charge is 0.0961 e. The van der Waals surface area contributed by atoms with E-state index in [1.807, 2.05) is 0 Å². The summed E-state index contributed by atoms with van der Waals surface area (Å²) in [6, 6.07) is 10.6. The van der Waals surface area contributed by atoms with Gasteiger partial charge in [-0.1, -0.05) is 24.3 Å². The van der Waals surface area contributed by atoms with Crippen LogP contribution in [0.2, 0.25) is 0 Å². The molecule has 1 nitrogen and oxygen atoms in total. The lowest BCUT2D eigenvalue weighted by molar-refractivity contribution is 0.139. The molecule has 0 saturated heterocycles. The van der Waals surface area contributed by atoms with E-state index < -0.39 is 6.10 Å². The number of benzene rings is 1. The van der Waals surface area contributed by atoms with Gasteiger partial charge in [-0.2, -0.15) is 0 Å². The highest BCUT2D eigenvalue weighted by Crippen LogP contribution is 2.44. The number of fused-ring (bicyclic) bond motifs is 1. The first kappa shape index (κ1) is 13.3. The van der Waals surface area contributed by atoms with Crippen LogP contribution in [0.15, 0.2) is 34.8 Å². The van der Waals surface area contributed by atoms with Crippen LogP contribution >= 0.6 is 27.3 Å². The van der Waals surface area contributed by atoms with Gasteiger partial charge in [0.25, 0.3) is 0 Å². The molecule has 1 aliphatic rings. The highest BCUT2D eigenvalue weighted by atomic mass is 79.9. The molecule has 1 aromatic heterocycles. The molecule has 0 bridgehead atoms. The molecule has 3 heteroatoms. The number of hydrogen-bond donors (Lipinski definition) is 1. The SMILES string of the molecule is Cc1cc(Br)c(C(O)C2CCCc3ccccc32)s1. The van der Waals surface area contributed by atoms with E-state index in [0.717, 1.165) is 22.2 Å². The zero-order valence-electron chi connectivity index (χ0n) is 10.9. The number of hydrogen-bond acceptors (Lipinski definition) is 2. The normalized spacial score (nSPS) is 20.1. The average Bonchev–Trinajstić information content (AvgIpc) is 2.76. The van der Waals surface area contributed by atoms with Gasteiger partial charge < -0.3 is 5.11 Å². The molecule has 2 unspecified atom stereocenters. The molecular formula is C16H17BrOS. The van der Waals surface area contributed by atoms with Gasteiger partial charge in [0.1, 0.15) is 0 Å². The van der Waals surface area contributed by atoms with E-state index in [1.54, 1.807) is 11.3 Å². The monoisotopic (exact) mass is 336 g/mol. The lowest BCUT2D eigenvalue weighted by Gasteiger charge is -2.29. The summed E-state index contributed by atoms with van der Waals surface area (Å²) in [5.41, 5.74) is 2.74. The minimum Gasteiger partial charge on any atom is -0.387 e. The molecule has 0 fully saturated rings. The number of thiophene rings is 1. The summed E-state index contributed by atoms with van der Waals surface area (Å²) in [6.45, 7) is 2.08. The maximum Gasteiger partial charge on any atom is 0.0961 e. The summed E-state index contributed by atoms with van der Waals surface area (Å²) in [5, 5.41) is 10.8. The number of rotatable bonds is 2. The van der Waals surface area contributed by atoms with Crippen molar-refractivity contribution in [2.45, 2.75) is 38.2 Å². The Morgan fingerprint density at radius 2 is 2.16 bits per heavy atom. The van der Waals surface area contributed by atoms with Crippen molar-refractivity contribution in [1.29, 1.82) is 0 Å². The molecule has 0 radical (unpaired) electrons. The lowest BCUT2D eigenvalue weighted by Crippen LogP contribution is -2.16. The zero-order valence-corrected chi connectivity index (χ0v) is 13.3. The van der Waals surface area contributed by atoms with Crippen LogP contribution in [0, 0.1) is 6.92 Å². The first-order valence-electron chi connectivity index (χ1n) is 6.68. The molecule has 0 saturated carbocycles. The summed E-state index contributed by atoms with van der Waals surface area (Å²) in [6.07, 6.45) is 2.99. The summed E-state index contributed by atoms with van der Waals surface area (Å²) in [5.74, 6) is 0.235. The van der Waals surface area contributed by atoms with Gasteiger partial charge in [0, 0.05) is 20.1 Å². The second kappa shape index (κ2) is 5.39. The van der Waals surface area contributed by atoms with E-state index in [2.05, 4.69) is 53.2 Å². The Kier molecular flexibility index (Phi) is 3.79. The van der Waals surface area contributed by atoms with Gasteiger partial charge in [0.15, 0.2) is 0 Å². The Morgan fingerprint density at radius 1 is 1.37 bits per heavy atom. The molecule has 19 heavy (non-hydrogen) atoms. The quantitative estimate of drug-likeness (QED) is 0.820. The van der Waals surface area contributed by atoms with E-state index in [0.29, 0.717) is 0 Å². The molecule has 3 rings (SSSR count). The van der Waals surface area contributed by atoms with Crippen LogP contribution in [0.5, 0.6) is 0 Å². The Morgan fingerprint density at radius 3 is 2.89 bits per heavy atom. The third-order valence-electron chi connectivity index (χ3n) is 3.90. The Labute approximate surface area is 126 Å². The average molecular weight is 337 g/mol.